The third-order valence-electron chi connectivity index (χ3n) is 4.40. The molecule has 0 saturated heterocycles. The zero-order valence-electron chi connectivity index (χ0n) is 18.0. The van der Waals surface area contributed by atoms with Gasteiger partial charge in [0.25, 0.3) is 5.91 Å². The van der Waals surface area contributed by atoms with Crippen LogP contribution < -0.4 is 19.6 Å². The first-order valence-corrected chi connectivity index (χ1v) is 11.5. The number of ether oxygens (including phenoxy) is 3. The van der Waals surface area contributed by atoms with Crippen LogP contribution in [0.2, 0.25) is 0 Å². The highest BCUT2D eigenvalue weighted by Gasteiger charge is 2.12. The van der Waals surface area contributed by atoms with Gasteiger partial charge < -0.3 is 19.3 Å². The van der Waals surface area contributed by atoms with Crippen LogP contribution in [-0.4, -0.2) is 36.9 Å². The Kier molecular flexibility index (Phi) is 9.06. The summed E-state index contributed by atoms with van der Waals surface area (Å²) in [6.45, 7) is -0.0987. The molecule has 0 aromatic heterocycles. The second-order valence-electron chi connectivity index (χ2n) is 6.84. The molecule has 0 aliphatic heterocycles. The maximum atomic E-state index is 12.5. The van der Waals surface area contributed by atoms with Crippen molar-refractivity contribution in [1.82, 2.24) is 5.43 Å². The molecule has 3 aromatic carbocycles. The summed E-state index contributed by atoms with van der Waals surface area (Å²) in [6.07, 6.45) is 1.45. The molecule has 0 unspecified atom stereocenters. The van der Waals surface area contributed by atoms with Crippen molar-refractivity contribution < 1.29 is 28.9 Å². The molecule has 3 rings (SSSR count). The molecular formula is C24H20Br2N2O6. The molecule has 0 saturated carbocycles. The molecule has 0 aliphatic carbocycles. The van der Waals surface area contributed by atoms with Gasteiger partial charge in [-0.3, -0.25) is 4.79 Å². The molecule has 34 heavy (non-hydrogen) atoms. The Balaban J connectivity index is 1.63. The highest BCUT2D eigenvalue weighted by Crippen LogP contribution is 2.34. The van der Waals surface area contributed by atoms with Crippen LogP contribution in [0.25, 0.3) is 0 Å². The third kappa shape index (κ3) is 7.06. The van der Waals surface area contributed by atoms with Crippen LogP contribution in [0.5, 0.6) is 17.2 Å². The molecular weight excluding hydrogens is 572 g/mol. The predicted molar refractivity (Wildman–Crippen MR) is 134 cm³/mol. The van der Waals surface area contributed by atoms with Gasteiger partial charge in [-0.25, -0.2) is 10.2 Å². The van der Waals surface area contributed by atoms with Gasteiger partial charge in [-0.1, -0.05) is 30.3 Å². The number of carboxylic acid groups (broad SMARTS) is 1. The molecule has 0 bridgehead atoms. The number of carboxylic acids is 1. The number of rotatable bonds is 10. The van der Waals surface area contributed by atoms with E-state index in [2.05, 4.69) is 42.4 Å². The number of carbonyl (C=O) groups is 2. The van der Waals surface area contributed by atoms with E-state index >= 15 is 0 Å². The molecule has 1 amide bonds. The van der Waals surface area contributed by atoms with Gasteiger partial charge in [0.15, 0.2) is 18.1 Å². The number of halogens is 2. The second kappa shape index (κ2) is 12.2. The first-order valence-electron chi connectivity index (χ1n) is 9.89. The van der Waals surface area contributed by atoms with E-state index in [0.717, 1.165) is 5.56 Å². The fourth-order valence-corrected chi connectivity index (χ4v) is 4.27. The molecule has 2 N–H and O–H groups in total. The van der Waals surface area contributed by atoms with Crippen LogP contribution >= 0.6 is 31.9 Å². The number of amides is 1. The van der Waals surface area contributed by atoms with E-state index in [0.29, 0.717) is 43.9 Å². The Morgan fingerprint density at radius 2 is 1.71 bits per heavy atom. The summed E-state index contributed by atoms with van der Waals surface area (Å²) in [5.74, 6) is -0.211. The van der Waals surface area contributed by atoms with E-state index in [9.17, 15) is 9.59 Å². The minimum Gasteiger partial charge on any atom is -0.493 e. The number of methoxy groups -OCH3 is 1. The Morgan fingerprint density at radius 1 is 1.00 bits per heavy atom. The maximum absolute atomic E-state index is 12.5. The number of nitrogens with one attached hydrogen (secondary N) is 1. The Bertz CT molecular complexity index is 1180. The lowest BCUT2D eigenvalue weighted by Gasteiger charge is -2.12. The molecule has 0 aliphatic rings. The number of nitrogens with zero attached hydrogens (tertiary/aromatic N) is 1. The van der Waals surface area contributed by atoms with Gasteiger partial charge in [0.1, 0.15) is 12.4 Å². The normalized spacial score (nSPS) is 10.7. The molecule has 8 nitrogen and oxygen atoms in total. The summed E-state index contributed by atoms with van der Waals surface area (Å²) in [5.41, 5.74) is 4.47. The van der Waals surface area contributed by atoms with Crippen molar-refractivity contribution in [3.8, 4) is 17.2 Å². The monoisotopic (exact) mass is 590 g/mol. The first kappa shape index (κ1) is 25.3. The van der Waals surface area contributed by atoms with E-state index in [-0.39, 0.29) is 0 Å². The average Bonchev–Trinajstić information content (AvgIpc) is 2.82. The number of hydrogen-bond acceptors (Lipinski definition) is 6. The second-order valence-corrected chi connectivity index (χ2v) is 8.54. The third-order valence-corrected chi connectivity index (χ3v) is 5.58. The van der Waals surface area contributed by atoms with E-state index in [1.807, 2.05) is 30.3 Å². The highest BCUT2D eigenvalue weighted by molar-refractivity contribution is 9.11. The van der Waals surface area contributed by atoms with Crippen molar-refractivity contribution in [2.45, 2.75) is 6.61 Å². The first-order chi connectivity index (χ1) is 16.4. The number of hydrogen-bond donors (Lipinski definition) is 2. The summed E-state index contributed by atoms with van der Waals surface area (Å²) in [4.78, 5) is 23.2. The molecule has 3 aromatic rings. The van der Waals surface area contributed by atoms with Crippen LogP contribution in [0.4, 0.5) is 0 Å². The smallest absolute Gasteiger partial charge is 0.341 e. The maximum Gasteiger partial charge on any atom is 0.341 e. The van der Waals surface area contributed by atoms with Crippen molar-refractivity contribution in [3.63, 3.8) is 0 Å². The predicted octanol–water partition coefficient (Wildman–Crippen LogP) is 5.03. The quantitative estimate of drug-likeness (QED) is 0.253. The van der Waals surface area contributed by atoms with Gasteiger partial charge >= 0.3 is 5.97 Å². The Morgan fingerprint density at radius 3 is 2.35 bits per heavy atom. The van der Waals surface area contributed by atoms with Gasteiger partial charge in [-0.15, -0.1) is 0 Å². The molecule has 0 heterocycles. The summed E-state index contributed by atoms with van der Waals surface area (Å²) >= 11 is 6.67. The summed E-state index contributed by atoms with van der Waals surface area (Å²) in [5, 5.41) is 12.7. The van der Waals surface area contributed by atoms with Gasteiger partial charge in [0.05, 0.1) is 22.3 Å². The Hall–Kier alpha value is -3.37. The van der Waals surface area contributed by atoms with E-state index in [1.54, 1.807) is 30.3 Å². The molecule has 0 radical (unpaired) electrons. The van der Waals surface area contributed by atoms with Crippen LogP contribution in [0.1, 0.15) is 21.5 Å². The fraction of sp³-hybridized carbons (Fsp3) is 0.125. The minimum absolute atomic E-state index is 0.348. The molecule has 176 valence electrons. The van der Waals surface area contributed by atoms with Crippen LogP contribution in [0.15, 0.2) is 74.7 Å². The molecule has 10 heteroatoms. The van der Waals surface area contributed by atoms with Gasteiger partial charge in [-0.2, -0.15) is 5.10 Å². The lowest BCUT2D eigenvalue weighted by atomic mass is 10.2. The minimum atomic E-state index is -1.08. The lowest BCUT2D eigenvalue weighted by molar-refractivity contribution is -0.139. The van der Waals surface area contributed by atoms with Crippen LogP contribution in [-0.2, 0) is 11.4 Å². The summed E-state index contributed by atoms with van der Waals surface area (Å²) in [6, 6.07) is 17.9. The summed E-state index contributed by atoms with van der Waals surface area (Å²) < 4.78 is 17.5. The Labute approximate surface area is 212 Å². The van der Waals surface area contributed by atoms with Crippen molar-refractivity contribution in [3.05, 3.63) is 86.3 Å². The number of aliphatic carboxylic acids is 1. The van der Waals surface area contributed by atoms with E-state index in [1.165, 1.54) is 13.3 Å². The number of benzene rings is 3. The summed E-state index contributed by atoms with van der Waals surface area (Å²) in [7, 11) is 1.50. The molecule has 0 fully saturated rings. The van der Waals surface area contributed by atoms with Gasteiger partial charge in [-0.05, 0) is 73.3 Å². The molecule has 0 spiro atoms. The van der Waals surface area contributed by atoms with E-state index in [4.69, 9.17) is 19.3 Å². The largest absolute Gasteiger partial charge is 0.493 e. The zero-order chi connectivity index (χ0) is 24.5. The zero-order valence-corrected chi connectivity index (χ0v) is 21.1. The van der Waals surface area contributed by atoms with Gasteiger partial charge in [0.2, 0.25) is 0 Å². The van der Waals surface area contributed by atoms with Crippen molar-refractivity contribution in [2.24, 2.45) is 5.10 Å². The van der Waals surface area contributed by atoms with Crippen LogP contribution in [0.3, 0.4) is 0 Å². The number of hydrazone groups is 1. The fourth-order valence-electron chi connectivity index (χ4n) is 2.82. The number of carbonyl (C=O) groups excluding carboxylic acids is 1. The average molecular weight is 592 g/mol. The van der Waals surface area contributed by atoms with Crippen molar-refractivity contribution in [2.75, 3.05) is 13.7 Å². The standard InChI is InChI=1S/C24H20Br2N2O6/c1-32-21-11-17(7-8-20(21)33-13-15-5-3-2-4-6-15)24(31)28-27-12-16-9-18(25)23(19(26)10-16)34-14-22(29)30/h2-12H,13-14H2,1H3,(H,28,31)(H,29,30)/b27-12+. The molecule has 0 atom stereocenters. The van der Waals surface area contributed by atoms with Crippen molar-refractivity contribution in [1.29, 1.82) is 0 Å². The highest BCUT2D eigenvalue weighted by atomic mass is 79.9. The lowest BCUT2D eigenvalue weighted by Crippen LogP contribution is -2.17. The van der Waals surface area contributed by atoms with Gasteiger partial charge in [0, 0.05) is 5.56 Å². The van der Waals surface area contributed by atoms with Crippen LogP contribution in [0, 0.1) is 0 Å². The topological polar surface area (TPSA) is 106 Å². The van der Waals surface area contributed by atoms with Crippen molar-refractivity contribution >= 4 is 50.0 Å². The van der Waals surface area contributed by atoms with E-state index < -0.39 is 18.5 Å². The SMILES string of the molecule is COc1cc(C(=O)N/N=C/c2cc(Br)c(OCC(=O)O)c(Br)c2)ccc1OCc1ccccc1.